The molecule has 1 amide bonds. The molecule has 0 spiro atoms. The topological polar surface area (TPSA) is 49.8 Å². The molecule has 4 nitrogen and oxygen atoms in total. The highest BCUT2D eigenvalue weighted by Gasteiger charge is 2.53. The van der Waals surface area contributed by atoms with Crippen LogP contribution in [0, 0.1) is 11.7 Å². The van der Waals surface area contributed by atoms with E-state index in [0.717, 1.165) is 0 Å². The normalized spacial score (nSPS) is 25.7. The molecule has 5 atom stereocenters. The Hall–Kier alpha value is -2.66. The highest BCUT2D eigenvalue weighted by molar-refractivity contribution is 5.80. The van der Waals surface area contributed by atoms with Gasteiger partial charge in [0.1, 0.15) is 5.82 Å². The molecule has 2 unspecified atom stereocenters. The van der Waals surface area contributed by atoms with Crippen molar-refractivity contribution in [2.24, 2.45) is 5.92 Å². The van der Waals surface area contributed by atoms with E-state index in [1.807, 2.05) is 0 Å². The molecule has 35 heavy (non-hydrogen) atoms. The fourth-order valence-electron chi connectivity index (χ4n) is 5.07. The molecule has 190 valence electrons. The van der Waals surface area contributed by atoms with E-state index in [1.165, 1.54) is 36.1 Å². The summed E-state index contributed by atoms with van der Waals surface area (Å²) in [6, 6.07) is 6.20. The number of carbonyl (C=O) groups is 1. The SMILES string of the molecule is C[C@@H](O[C@H]1CN2C(=O)CC(CO)C2[C@@H]1c1ccc(F)cc1)c1cc(C(F)(F)F)cc(C(F)(F)F)c1. The lowest BCUT2D eigenvalue weighted by Crippen LogP contribution is -2.33. The van der Waals surface area contributed by atoms with Gasteiger partial charge in [-0.3, -0.25) is 4.79 Å². The minimum atomic E-state index is -5.00. The number of fused-ring (bicyclic) bond motifs is 1. The summed E-state index contributed by atoms with van der Waals surface area (Å²) < 4.78 is 99.3. The number of nitrogens with zero attached hydrogens (tertiary/aromatic N) is 1. The van der Waals surface area contributed by atoms with Crippen LogP contribution in [0.2, 0.25) is 0 Å². The van der Waals surface area contributed by atoms with Gasteiger partial charge < -0.3 is 14.7 Å². The maximum atomic E-state index is 13.5. The van der Waals surface area contributed by atoms with Gasteiger partial charge in [0.2, 0.25) is 5.91 Å². The smallest absolute Gasteiger partial charge is 0.396 e. The van der Waals surface area contributed by atoms with Crippen molar-refractivity contribution in [3.63, 3.8) is 0 Å². The molecule has 4 rings (SSSR count). The van der Waals surface area contributed by atoms with E-state index >= 15 is 0 Å². The summed E-state index contributed by atoms with van der Waals surface area (Å²) in [6.45, 7) is 1.08. The first-order valence-corrected chi connectivity index (χ1v) is 10.9. The van der Waals surface area contributed by atoms with Crippen LogP contribution in [0.1, 0.15) is 47.6 Å². The molecule has 2 aromatic rings. The summed E-state index contributed by atoms with van der Waals surface area (Å²) in [5, 5.41) is 9.81. The maximum Gasteiger partial charge on any atom is 0.416 e. The van der Waals surface area contributed by atoms with Crippen molar-refractivity contribution in [1.29, 1.82) is 0 Å². The molecule has 0 bridgehead atoms. The predicted molar refractivity (Wildman–Crippen MR) is 110 cm³/mol. The van der Waals surface area contributed by atoms with Crippen molar-refractivity contribution >= 4 is 5.91 Å². The molecule has 0 radical (unpaired) electrons. The summed E-state index contributed by atoms with van der Waals surface area (Å²) in [7, 11) is 0. The number of rotatable bonds is 5. The van der Waals surface area contributed by atoms with E-state index < -0.39 is 59.4 Å². The number of benzene rings is 2. The molecule has 2 aliphatic heterocycles. The van der Waals surface area contributed by atoms with Crippen LogP contribution in [-0.2, 0) is 21.9 Å². The molecule has 2 aromatic carbocycles. The van der Waals surface area contributed by atoms with Crippen LogP contribution in [0.4, 0.5) is 30.7 Å². The molecule has 2 fully saturated rings. The zero-order valence-corrected chi connectivity index (χ0v) is 18.4. The number of amides is 1. The van der Waals surface area contributed by atoms with E-state index in [2.05, 4.69) is 0 Å². The third-order valence-electron chi connectivity index (χ3n) is 6.69. The van der Waals surface area contributed by atoms with E-state index in [4.69, 9.17) is 4.74 Å². The average Bonchev–Trinajstić information content (AvgIpc) is 3.29. The molecular formula is C24H22F7NO3. The third kappa shape index (κ3) is 5.02. The molecular weight excluding hydrogens is 483 g/mol. The summed E-state index contributed by atoms with van der Waals surface area (Å²) in [5.74, 6) is -1.74. The van der Waals surface area contributed by atoms with Gasteiger partial charge in [0, 0.05) is 37.5 Å². The number of alkyl halides is 6. The molecule has 2 aliphatic rings. The van der Waals surface area contributed by atoms with Crippen molar-refractivity contribution in [3.8, 4) is 0 Å². The number of hydrogen-bond acceptors (Lipinski definition) is 3. The Labute approximate surface area is 196 Å². The average molecular weight is 505 g/mol. The lowest BCUT2D eigenvalue weighted by atomic mass is 9.83. The van der Waals surface area contributed by atoms with Crippen LogP contribution in [0.3, 0.4) is 0 Å². The van der Waals surface area contributed by atoms with Gasteiger partial charge in [-0.1, -0.05) is 12.1 Å². The van der Waals surface area contributed by atoms with Gasteiger partial charge in [0.05, 0.1) is 23.3 Å². The number of ether oxygens (including phenoxy) is 1. The van der Waals surface area contributed by atoms with Crippen LogP contribution >= 0.6 is 0 Å². The van der Waals surface area contributed by atoms with Crippen LogP contribution in [-0.4, -0.2) is 41.2 Å². The Morgan fingerprint density at radius 3 is 2.11 bits per heavy atom. The largest absolute Gasteiger partial charge is 0.416 e. The number of aliphatic hydroxyl groups excluding tert-OH is 1. The number of aliphatic hydroxyl groups is 1. The first-order chi connectivity index (χ1) is 16.3. The number of halogens is 7. The van der Waals surface area contributed by atoms with Gasteiger partial charge in [-0.25, -0.2) is 4.39 Å². The quantitative estimate of drug-likeness (QED) is 0.560. The molecule has 2 heterocycles. The van der Waals surface area contributed by atoms with Crippen LogP contribution in [0.5, 0.6) is 0 Å². The van der Waals surface area contributed by atoms with Crippen molar-refractivity contribution in [1.82, 2.24) is 4.90 Å². The minimum Gasteiger partial charge on any atom is -0.396 e. The highest BCUT2D eigenvalue weighted by atomic mass is 19.4. The Kier molecular flexibility index (Phi) is 6.60. The van der Waals surface area contributed by atoms with Gasteiger partial charge in [-0.05, 0) is 48.4 Å². The summed E-state index contributed by atoms with van der Waals surface area (Å²) in [5.41, 5.74) is -2.63. The molecule has 0 aliphatic carbocycles. The maximum absolute atomic E-state index is 13.5. The predicted octanol–water partition coefficient (Wildman–Crippen LogP) is 5.32. The highest BCUT2D eigenvalue weighted by Crippen LogP contribution is 2.46. The molecule has 2 saturated heterocycles. The van der Waals surface area contributed by atoms with E-state index in [0.29, 0.717) is 17.7 Å². The zero-order chi connectivity index (χ0) is 25.7. The second kappa shape index (κ2) is 9.09. The summed E-state index contributed by atoms with van der Waals surface area (Å²) in [6.07, 6.45) is -11.9. The molecule has 0 aromatic heterocycles. The first-order valence-electron chi connectivity index (χ1n) is 10.9. The van der Waals surface area contributed by atoms with Gasteiger partial charge >= 0.3 is 12.4 Å². The van der Waals surface area contributed by atoms with Crippen molar-refractivity contribution in [2.45, 2.75) is 49.9 Å². The van der Waals surface area contributed by atoms with E-state index in [9.17, 15) is 40.6 Å². The second-order valence-corrected chi connectivity index (χ2v) is 8.92. The van der Waals surface area contributed by atoms with Crippen molar-refractivity contribution in [3.05, 3.63) is 70.5 Å². The van der Waals surface area contributed by atoms with Crippen LogP contribution in [0.25, 0.3) is 0 Å². The monoisotopic (exact) mass is 505 g/mol. The van der Waals surface area contributed by atoms with Crippen molar-refractivity contribution < 1.29 is 45.4 Å². The number of hydrogen-bond donors (Lipinski definition) is 1. The fraction of sp³-hybridized carbons (Fsp3) is 0.458. The molecule has 11 heteroatoms. The Balaban J connectivity index is 1.69. The van der Waals surface area contributed by atoms with Crippen LogP contribution in [0.15, 0.2) is 42.5 Å². The van der Waals surface area contributed by atoms with Gasteiger partial charge in [-0.2, -0.15) is 26.3 Å². The Bertz CT molecular complexity index is 1050. The minimum absolute atomic E-state index is 0.0392. The van der Waals surface area contributed by atoms with Gasteiger partial charge in [-0.15, -0.1) is 0 Å². The van der Waals surface area contributed by atoms with E-state index in [-0.39, 0.29) is 37.1 Å². The molecule has 0 saturated carbocycles. The first kappa shape index (κ1) is 25.4. The lowest BCUT2D eigenvalue weighted by molar-refractivity contribution is -0.143. The van der Waals surface area contributed by atoms with Crippen molar-refractivity contribution in [2.75, 3.05) is 13.2 Å². The standard InChI is InChI=1S/C24H22F7NO3/c1-12(14-6-16(23(26,27)28)9-17(7-14)24(29,30)31)35-19-10-32-20(34)8-15(11-33)22(32)21(19)13-2-4-18(25)5-3-13/h2-7,9,12,15,19,21-22,33H,8,10-11H2,1H3/t12-,15?,19+,21-,22?/m1/s1. The van der Waals surface area contributed by atoms with Gasteiger partial charge in [0.25, 0.3) is 0 Å². The zero-order valence-electron chi connectivity index (χ0n) is 18.4. The molecule has 1 N–H and O–H groups in total. The Morgan fingerprint density at radius 2 is 1.60 bits per heavy atom. The summed E-state index contributed by atoms with van der Waals surface area (Å²) >= 11 is 0. The second-order valence-electron chi connectivity index (χ2n) is 8.92. The van der Waals surface area contributed by atoms with E-state index in [1.54, 1.807) is 0 Å². The van der Waals surface area contributed by atoms with Crippen LogP contribution < -0.4 is 0 Å². The lowest BCUT2D eigenvalue weighted by Gasteiger charge is -2.29. The summed E-state index contributed by atoms with van der Waals surface area (Å²) in [4.78, 5) is 14.0. The fourth-order valence-corrected chi connectivity index (χ4v) is 5.07. The number of carbonyl (C=O) groups excluding carboxylic acids is 1. The van der Waals surface area contributed by atoms with Gasteiger partial charge in [0.15, 0.2) is 0 Å². The Morgan fingerprint density at radius 1 is 1.03 bits per heavy atom. The third-order valence-corrected chi connectivity index (χ3v) is 6.69.